The lowest BCUT2D eigenvalue weighted by molar-refractivity contribution is -0.115. The van der Waals surface area contributed by atoms with E-state index in [4.69, 9.17) is 0 Å². The van der Waals surface area contributed by atoms with Crippen molar-refractivity contribution >= 4 is 29.1 Å². The molecule has 3 aromatic carbocycles. The molecule has 1 heterocycles. The van der Waals surface area contributed by atoms with Gasteiger partial charge >= 0.3 is 0 Å². The quantitative estimate of drug-likeness (QED) is 0.271. The van der Waals surface area contributed by atoms with Gasteiger partial charge in [0.15, 0.2) is 16.8 Å². The number of benzene rings is 3. The van der Waals surface area contributed by atoms with E-state index < -0.39 is 5.25 Å². The second-order valence-corrected chi connectivity index (χ2v) is 9.08. The maximum atomic E-state index is 13.4. The fourth-order valence-corrected chi connectivity index (χ4v) is 4.19. The second-order valence-electron chi connectivity index (χ2n) is 7.77. The molecule has 1 unspecified atom stereocenters. The average molecular weight is 475 g/mol. The summed E-state index contributed by atoms with van der Waals surface area (Å²) in [6.07, 6.45) is 0. The molecule has 0 bridgehead atoms. The van der Waals surface area contributed by atoms with Crippen molar-refractivity contribution in [2.24, 2.45) is 0 Å². The Kier molecular flexibility index (Phi) is 7.18. The zero-order valence-electron chi connectivity index (χ0n) is 18.7. The van der Waals surface area contributed by atoms with Crippen molar-refractivity contribution in [1.82, 2.24) is 14.8 Å². The molecule has 1 N–H and O–H groups in total. The highest BCUT2D eigenvalue weighted by molar-refractivity contribution is 8.00. The number of nitrogens with zero attached hydrogens (tertiary/aromatic N) is 3. The molecule has 4 rings (SSSR count). The number of thioether (sulfide) groups is 1. The van der Waals surface area contributed by atoms with Crippen molar-refractivity contribution in [2.75, 3.05) is 5.32 Å². The van der Waals surface area contributed by atoms with E-state index in [9.17, 15) is 14.0 Å². The summed E-state index contributed by atoms with van der Waals surface area (Å²) in [5, 5.41) is 11.7. The normalized spacial score (nSPS) is 11.7. The van der Waals surface area contributed by atoms with Gasteiger partial charge < -0.3 is 5.32 Å². The van der Waals surface area contributed by atoms with Crippen molar-refractivity contribution in [3.63, 3.8) is 0 Å². The van der Waals surface area contributed by atoms with Crippen molar-refractivity contribution in [3.8, 4) is 11.4 Å². The largest absolute Gasteiger partial charge is 0.325 e. The summed E-state index contributed by atoms with van der Waals surface area (Å²) in [5.41, 5.74) is 2.98. The van der Waals surface area contributed by atoms with E-state index in [0.29, 0.717) is 28.8 Å². The van der Waals surface area contributed by atoms with Crippen molar-refractivity contribution in [1.29, 1.82) is 0 Å². The molecular weight excluding hydrogens is 451 g/mol. The average Bonchev–Trinajstić information content (AvgIpc) is 3.22. The third kappa shape index (κ3) is 5.58. The maximum Gasteiger partial charge on any atom is 0.237 e. The standard InChI is InChI=1S/C26H23FN4O2S/c1-17(32)20-10-14-23(15-11-20)28-25(33)18(2)34-26-30-29-24(21-8-12-22(27)13-9-21)31(26)16-19-6-4-3-5-7-19/h3-15,18H,16H2,1-2H3,(H,28,33). The molecule has 8 heteroatoms. The summed E-state index contributed by atoms with van der Waals surface area (Å²) in [6, 6.07) is 22.7. The molecule has 6 nitrogen and oxygen atoms in total. The lowest BCUT2D eigenvalue weighted by Gasteiger charge is -2.14. The molecule has 0 aliphatic carbocycles. The van der Waals surface area contributed by atoms with E-state index >= 15 is 0 Å². The van der Waals surface area contributed by atoms with Crippen LogP contribution in [0, 0.1) is 5.82 Å². The molecule has 34 heavy (non-hydrogen) atoms. The van der Waals surface area contributed by atoms with Gasteiger partial charge in [-0.1, -0.05) is 42.1 Å². The number of hydrogen-bond donors (Lipinski definition) is 1. The molecule has 0 aliphatic rings. The third-order valence-electron chi connectivity index (χ3n) is 5.21. The Morgan fingerprint density at radius 3 is 2.29 bits per heavy atom. The molecule has 0 aliphatic heterocycles. The minimum absolute atomic E-state index is 0.0310. The number of carbonyl (C=O) groups is 2. The van der Waals surface area contributed by atoms with Crippen molar-refractivity contribution < 1.29 is 14.0 Å². The van der Waals surface area contributed by atoms with Crippen LogP contribution in [0.15, 0.2) is 84.0 Å². The molecule has 1 atom stereocenters. The van der Waals surface area contributed by atoms with Crippen LogP contribution >= 0.6 is 11.8 Å². The highest BCUT2D eigenvalue weighted by Crippen LogP contribution is 2.28. The fourth-order valence-electron chi connectivity index (χ4n) is 3.34. The van der Waals surface area contributed by atoms with Gasteiger partial charge in [-0.3, -0.25) is 14.2 Å². The van der Waals surface area contributed by atoms with Crippen LogP contribution in [0.4, 0.5) is 10.1 Å². The van der Waals surface area contributed by atoms with Gasteiger partial charge in [-0.25, -0.2) is 4.39 Å². The van der Waals surface area contributed by atoms with Crippen LogP contribution in [0.5, 0.6) is 0 Å². The molecule has 0 saturated heterocycles. The Morgan fingerprint density at radius 1 is 0.971 bits per heavy atom. The predicted molar refractivity (Wildman–Crippen MR) is 131 cm³/mol. The molecule has 0 saturated carbocycles. The highest BCUT2D eigenvalue weighted by Gasteiger charge is 2.21. The highest BCUT2D eigenvalue weighted by atomic mass is 32.2. The van der Waals surface area contributed by atoms with E-state index in [1.807, 2.05) is 34.9 Å². The van der Waals surface area contributed by atoms with Gasteiger partial charge in [0.25, 0.3) is 0 Å². The number of nitrogens with one attached hydrogen (secondary N) is 1. The number of carbonyl (C=O) groups excluding carboxylic acids is 2. The lowest BCUT2D eigenvalue weighted by Crippen LogP contribution is -2.23. The second kappa shape index (κ2) is 10.4. The van der Waals surface area contributed by atoms with E-state index in [1.165, 1.54) is 30.8 Å². The molecule has 4 aromatic rings. The summed E-state index contributed by atoms with van der Waals surface area (Å²) in [5.74, 6) is 0.0440. The molecular formula is C26H23FN4O2S. The number of aromatic nitrogens is 3. The Balaban J connectivity index is 1.55. The van der Waals surface area contributed by atoms with Crippen LogP contribution in [0.1, 0.15) is 29.8 Å². The third-order valence-corrected chi connectivity index (χ3v) is 6.29. The number of ketones is 1. The van der Waals surface area contributed by atoms with Crippen LogP contribution in [-0.2, 0) is 11.3 Å². The lowest BCUT2D eigenvalue weighted by atomic mass is 10.1. The summed E-state index contributed by atoms with van der Waals surface area (Å²) in [7, 11) is 0. The molecule has 0 spiro atoms. The zero-order chi connectivity index (χ0) is 24.1. The Labute approximate surface area is 201 Å². The van der Waals surface area contributed by atoms with Crippen LogP contribution in [0.2, 0.25) is 0 Å². The van der Waals surface area contributed by atoms with Crippen molar-refractivity contribution in [3.05, 3.63) is 95.8 Å². The van der Waals surface area contributed by atoms with Gasteiger partial charge in [0.1, 0.15) is 5.82 Å². The zero-order valence-corrected chi connectivity index (χ0v) is 19.6. The number of hydrogen-bond acceptors (Lipinski definition) is 5. The Morgan fingerprint density at radius 2 is 1.65 bits per heavy atom. The summed E-state index contributed by atoms with van der Waals surface area (Å²) in [6.45, 7) is 3.80. The topological polar surface area (TPSA) is 76.9 Å². The van der Waals surface area contributed by atoms with Crippen molar-refractivity contribution in [2.45, 2.75) is 30.8 Å². The van der Waals surface area contributed by atoms with Gasteiger partial charge in [-0.15, -0.1) is 10.2 Å². The number of halogens is 1. The first kappa shape index (κ1) is 23.4. The van der Waals surface area contributed by atoms with Crippen LogP contribution in [0.3, 0.4) is 0 Å². The minimum Gasteiger partial charge on any atom is -0.325 e. The van der Waals surface area contributed by atoms with E-state index in [2.05, 4.69) is 15.5 Å². The first-order chi connectivity index (χ1) is 16.4. The fraction of sp³-hybridized carbons (Fsp3) is 0.154. The molecule has 1 amide bonds. The van der Waals surface area contributed by atoms with Gasteiger partial charge in [0.05, 0.1) is 11.8 Å². The van der Waals surface area contributed by atoms with Gasteiger partial charge in [0.2, 0.25) is 5.91 Å². The van der Waals surface area contributed by atoms with Gasteiger partial charge in [-0.05, 0) is 67.9 Å². The first-order valence-electron chi connectivity index (χ1n) is 10.7. The number of anilines is 1. The van der Waals surface area contributed by atoms with E-state index in [1.54, 1.807) is 43.3 Å². The number of amides is 1. The van der Waals surface area contributed by atoms with Gasteiger partial charge in [0, 0.05) is 16.8 Å². The molecule has 0 fully saturated rings. The van der Waals surface area contributed by atoms with Gasteiger partial charge in [-0.2, -0.15) is 0 Å². The monoisotopic (exact) mass is 474 g/mol. The summed E-state index contributed by atoms with van der Waals surface area (Å²) >= 11 is 1.29. The summed E-state index contributed by atoms with van der Waals surface area (Å²) in [4.78, 5) is 24.3. The van der Waals surface area contributed by atoms with E-state index in [-0.39, 0.29) is 17.5 Å². The number of Topliss-reactive ketones (excluding diaryl/α,β-unsaturated/α-hetero) is 1. The van der Waals surface area contributed by atoms with Crippen LogP contribution < -0.4 is 5.32 Å². The number of rotatable bonds is 8. The summed E-state index contributed by atoms with van der Waals surface area (Å²) < 4.78 is 15.4. The first-order valence-corrected chi connectivity index (χ1v) is 11.6. The van der Waals surface area contributed by atoms with Crippen LogP contribution in [-0.4, -0.2) is 31.7 Å². The Hall–Kier alpha value is -3.78. The SMILES string of the molecule is CC(=O)c1ccc(NC(=O)C(C)Sc2nnc(-c3ccc(F)cc3)n2Cc2ccccc2)cc1. The van der Waals surface area contributed by atoms with E-state index in [0.717, 1.165) is 11.1 Å². The Bertz CT molecular complexity index is 1290. The maximum absolute atomic E-state index is 13.4. The molecule has 172 valence electrons. The smallest absolute Gasteiger partial charge is 0.237 e. The predicted octanol–water partition coefficient (Wildman–Crippen LogP) is 5.45. The van der Waals surface area contributed by atoms with Crippen LogP contribution in [0.25, 0.3) is 11.4 Å². The molecule has 0 radical (unpaired) electrons. The molecule has 1 aromatic heterocycles. The minimum atomic E-state index is -0.465.